The number of aromatic nitrogens is 2. The molecule has 0 spiro atoms. The highest BCUT2D eigenvalue weighted by Gasteiger charge is 2.11. The highest BCUT2D eigenvalue weighted by molar-refractivity contribution is 5.36. The summed E-state index contributed by atoms with van der Waals surface area (Å²) < 4.78 is 0. The molecule has 1 aromatic heterocycles. The first-order valence-electron chi connectivity index (χ1n) is 4.89. The maximum absolute atomic E-state index is 5.65. The molecular formula is C10H18N4. The summed E-state index contributed by atoms with van der Waals surface area (Å²) in [4.78, 5) is 0. The lowest BCUT2D eigenvalue weighted by Gasteiger charge is -2.20. The molecule has 0 saturated carbocycles. The number of nitrogens with zero attached hydrogens (tertiary/aromatic N) is 2. The Morgan fingerprint density at radius 1 is 1.50 bits per heavy atom. The third-order valence-corrected chi connectivity index (χ3v) is 2.18. The van der Waals surface area contributed by atoms with Crippen LogP contribution in [0.25, 0.3) is 0 Å². The Hall–Kier alpha value is -1.16. The molecule has 0 amide bonds. The number of anilines is 1. The van der Waals surface area contributed by atoms with Crippen molar-refractivity contribution in [1.29, 1.82) is 0 Å². The first-order chi connectivity index (χ1) is 6.63. The fourth-order valence-electron chi connectivity index (χ4n) is 1.22. The Balaban J connectivity index is 2.67. The minimum absolute atomic E-state index is 0.256. The van der Waals surface area contributed by atoms with Crippen LogP contribution in [-0.2, 0) is 0 Å². The van der Waals surface area contributed by atoms with E-state index in [1.165, 1.54) is 0 Å². The predicted octanol–water partition coefficient (Wildman–Crippen LogP) is 1.18. The second kappa shape index (κ2) is 4.91. The quantitative estimate of drug-likeness (QED) is 0.755. The van der Waals surface area contributed by atoms with Gasteiger partial charge in [0.2, 0.25) is 0 Å². The van der Waals surface area contributed by atoms with E-state index < -0.39 is 0 Å². The molecule has 0 aromatic carbocycles. The molecule has 1 heterocycles. The summed E-state index contributed by atoms with van der Waals surface area (Å²) in [6.45, 7) is 6.86. The molecule has 0 saturated heterocycles. The van der Waals surface area contributed by atoms with Gasteiger partial charge in [-0.2, -0.15) is 5.10 Å². The summed E-state index contributed by atoms with van der Waals surface area (Å²) in [6, 6.07) is 2.23. The summed E-state index contributed by atoms with van der Waals surface area (Å²) >= 11 is 0. The molecule has 0 fully saturated rings. The SMILES string of the molecule is Cc1cnnc(NC(CN)C(C)C)c1. The van der Waals surface area contributed by atoms with Gasteiger partial charge < -0.3 is 11.1 Å². The molecule has 14 heavy (non-hydrogen) atoms. The number of hydrogen-bond acceptors (Lipinski definition) is 4. The molecule has 1 aromatic rings. The van der Waals surface area contributed by atoms with Crippen LogP contribution in [0, 0.1) is 12.8 Å². The molecule has 4 nitrogen and oxygen atoms in total. The van der Waals surface area contributed by atoms with Crippen LogP contribution in [0.4, 0.5) is 5.82 Å². The molecule has 1 rings (SSSR count). The molecular weight excluding hydrogens is 176 g/mol. The molecule has 0 bridgehead atoms. The maximum Gasteiger partial charge on any atom is 0.149 e. The van der Waals surface area contributed by atoms with Gasteiger partial charge in [-0.3, -0.25) is 0 Å². The van der Waals surface area contributed by atoms with Gasteiger partial charge in [0.25, 0.3) is 0 Å². The minimum atomic E-state index is 0.256. The highest BCUT2D eigenvalue weighted by atomic mass is 15.2. The molecule has 0 aliphatic rings. The highest BCUT2D eigenvalue weighted by Crippen LogP contribution is 2.09. The lowest BCUT2D eigenvalue weighted by atomic mass is 10.1. The van der Waals surface area contributed by atoms with Crippen LogP contribution in [-0.4, -0.2) is 22.8 Å². The molecule has 0 aliphatic carbocycles. The normalized spacial score (nSPS) is 12.9. The van der Waals surface area contributed by atoms with Gasteiger partial charge >= 0.3 is 0 Å². The number of rotatable bonds is 4. The van der Waals surface area contributed by atoms with E-state index in [4.69, 9.17) is 5.73 Å². The van der Waals surface area contributed by atoms with Gasteiger partial charge in [-0.1, -0.05) is 13.8 Å². The van der Waals surface area contributed by atoms with Gasteiger partial charge in [0.05, 0.1) is 6.20 Å². The van der Waals surface area contributed by atoms with E-state index in [1.54, 1.807) is 6.20 Å². The monoisotopic (exact) mass is 194 g/mol. The molecule has 1 atom stereocenters. The third kappa shape index (κ3) is 2.96. The van der Waals surface area contributed by atoms with Crippen LogP contribution in [0.5, 0.6) is 0 Å². The van der Waals surface area contributed by atoms with Crippen LogP contribution in [0.1, 0.15) is 19.4 Å². The van der Waals surface area contributed by atoms with Crippen molar-refractivity contribution in [2.24, 2.45) is 11.7 Å². The summed E-state index contributed by atoms with van der Waals surface area (Å²) in [6.07, 6.45) is 1.73. The second-order valence-electron chi connectivity index (χ2n) is 3.85. The lowest BCUT2D eigenvalue weighted by Crippen LogP contribution is -2.34. The smallest absolute Gasteiger partial charge is 0.149 e. The Labute approximate surface area is 84.9 Å². The molecule has 3 N–H and O–H groups in total. The Kier molecular flexibility index (Phi) is 3.83. The molecule has 0 radical (unpaired) electrons. The fourth-order valence-corrected chi connectivity index (χ4v) is 1.22. The lowest BCUT2D eigenvalue weighted by molar-refractivity contribution is 0.529. The largest absolute Gasteiger partial charge is 0.364 e. The molecule has 78 valence electrons. The zero-order chi connectivity index (χ0) is 10.6. The first-order valence-corrected chi connectivity index (χ1v) is 4.89. The molecule has 4 heteroatoms. The maximum atomic E-state index is 5.65. The Morgan fingerprint density at radius 3 is 2.71 bits per heavy atom. The van der Waals surface area contributed by atoms with Gasteiger partial charge in [0.15, 0.2) is 0 Å². The van der Waals surface area contributed by atoms with Crippen molar-refractivity contribution in [3.8, 4) is 0 Å². The standard InChI is InChI=1S/C10H18N4/c1-7(2)9(5-11)13-10-4-8(3)6-12-14-10/h4,6-7,9H,5,11H2,1-3H3,(H,13,14). The van der Waals surface area contributed by atoms with E-state index in [0.717, 1.165) is 11.4 Å². The fraction of sp³-hybridized carbons (Fsp3) is 0.600. The summed E-state index contributed by atoms with van der Waals surface area (Å²) in [7, 11) is 0. The third-order valence-electron chi connectivity index (χ3n) is 2.18. The zero-order valence-electron chi connectivity index (χ0n) is 8.99. The van der Waals surface area contributed by atoms with Crippen molar-refractivity contribution < 1.29 is 0 Å². The summed E-state index contributed by atoms with van der Waals surface area (Å²) in [5, 5.41) is 11.1. The van der Waals surface area contributed by atoms with Gasteiger partial charge in [0, 0.05) is 12.6 Å². The van der Waals surface area contributed by atoms with E-state index in [0.29, 0.717) is 12.5 Å². The van der Waals surface area contributed by atoms with Crippen LogP contribution >= 0.6 is 0 Å². The molecule has 0 aliphatic heterocycles. The second-order valence-corrected chi connectivity index (χ2v) is 3.85. The average Bonchev–Trinajstić information content (AvgIpc) is 2.14. The van der Waals surface area contributed by atoms with Crippen molar-refractivity contribution >= 4 is 5.82 Å². The Bertz CT molecular complexity index is 285. The topological polar surface area (TPSA) is 63.8 Å². The van der Waals surface area contributed by atoms with Crippen LogP contribution in [0.3, 0.4) is 0 Å². The van der Waals surface area contributed by atoms with Crippen molar-refractivity contribution in [3.63, 3.8) is 0 Å². The van der Waals surface area contributed by atoms with Crippen molar-refractivity contribution in [2.45, 2.75) is 26.8 Å². The van der Waals surface area contributed by atoms with E-state index >= 15 is 0 Å². The summed E-state index contributed by atoms with van der Waals surface area (Å²) in [5.74, 6) is 1.29. The van der Waals surface area contributed by atoms with E-state index in [2.05, 4.69) is 29.4 Å². The van der Waals surface area contributed by atoms with Gasteiger partial charge in [-0.15, -0.1) is 5.10 Å². The van der Waals surface area contributed by atoms with Crippen molar-refractivity contribution in [1.82, 2.24) is 10.2 Å². The minimum Gasteiger partial charge on any atom is -0.364 e. The van der Waals surface area contributed by atoms with Gasteiger partial charge in [-0.25, -0.2) is 0 Å². The zero-order valence-corrected chi connectivity index (χ0v) is 8.99. The first kappa shape index (κ1) is 10.9. The van der Waals surface area contributed by atoms with Crippen LogP contribution in [0.2, 0.25) is 0 Å². The average molecular weight is 194 g/mol. The van der Waals surface area contributed by atoms with Gasteiger partial charge in [-0.05, 0) is 24.5 Å². The van der Waals surface area contributed by atoms with Crippen LogP contribution < -0.4 is 11.1 Å². The molecule has 1 unspecified atom stereocenters. The van der Waals surface area contributed by atoms with Crippen LogP contribution in [0.15, 0.2) is 12.3 Å². The van der Waals surface area contributed by atoms with Gasteiger partial charge in [0.1, 0.15) is 5.82 Å². The summed E-state index contributed by atoms with van der Waals surface area (Å²) in [5.41, 5.74) is 6.75. The predicted molar refractivity (Wildman–Crippen MR) is 58.1 cm³/mol. The van der Waals surface area contributed by atoms with E-state index in [-0.39, 0.29) is 6.04 Å². The Morgan fingerprint density at radius 2 is 2.21 bits per heavy atom. The number of nitrogens with two attached hydrogens (primary N) is 1. The van der Waals surface area contributed by atoms with E-state index in [1.807, 2.05) is 13.0 Å². The van der Waals surface area contributed by atoms with Crippen molar-refractivity contribution in [3.05, 3.63) is 17.8 Å². The number of nitrogens with one attached hydrogen (secondary N) is 1. The van der Waals surface area contributed by atoms with E-state index in [9.17, 15) is 0 Å². The number of aryl methyl sites for hydroxylation is 1. The number of hydrogen-bond donors (Lipinski definition) is 2. The van der Waals surface area contributed by atoms with Crippen molar-refractivity contribution in [2.75, 3.05) is 11.9 Å².